The van der Waals surface area contributed by atoms with Crippen molar-refractivity contribution in [2.24, 2.45) is 5.73 Å². The molecular formula is C9H10FN3O. The predicted octanol–water partition coefficient (Wildman–Crippen LogP) is 0.198. The highest BCUT2D eigenvalue weighted by atomic mass is 19.1. The number of rotatable bonds is 1. The minimum absolute atomic E-state index is 0.0761. The summed E-state index contributed by atoms with van der Waals surface area (Å²) in [6.45, 7) is 0.0777. The molecule has 0 bridgehead atoms. The minimum atomic E-state index is -0.451. The molecule has 74 valence electrons. The smallest absolute Gasteiger partial charge is 0.232 e. The summed E-state index contributed by atoms with van der Waals surface area (Å²) in [7, 11) is 1.61. The highest BCUT2D eigenvalue weighted by Crippen LogP contribution is 2.30. The van der Waals surface area contributed by atoms with Crippen molar-refractivity contribution in [1.82, 2.24) is 4.98 Å². The molecule has 0 atom stereocenters. The van der Waals surface area contributed by atoms with Gasteiger partial charge >= 0.3 is 0 Å². The fourth-order valence-corrected chi connectivity index (χ4v) is 1.67. The van der Waals surface area contributed by atoms with Crippen molar-refractivity contribution >= 4 is 11.6 Å². The second-order valence-corrected chi connectivity index (χ2v) is 3.21. The Bertz CT molecular complexity index is 405. The van der Waals surface area contributed by atoms with Crippen LogP contribution in [-0.4, -0.2) is 17.9 Å². The largest absolute Gasteiger partial charge is 0.326 e. The molecule has 5 heteroatoms. The zero-order valence-electron chi connectivity index (χ0n) is 7.75. The Morgan fingerprint density at radius 2 is 2.43 bits per heavy atom. The summed E-state index contributed by atoms with van der Waals surface area (Å²) in [5, 5.41) is 0. The highest BCUT2D eigenvalue weighted by Gasteiger charge is 2.29. The molecule has 0 aromatic carbocycles. The lowest BCUT2D eigenvalue weighted by Gasteiger charge is -2.13. The number of likely N-dealkylation sites (N-methyl/N-ethyl adjacent to an activating group) is 1. The molecule has 2 heterocycles. The summed E-state index contributed by atoms with van der Waals surface area (Å²) in [4.78, 5) is 16.6. The van der Waals surface area contributed by atoms with Crippen LogP contribution in [0.1, 0.15) is 11.3 Å². The van der Waals surface area contributed by atoms with Gasteiger partial charge < -0.3 is 10.6 Å². The predicted molar refractivity (Wildman–Crippen MR) is 49.2 cm³/mol. The van der Waals surface area contributed by atoms with Gasteiger partial charge in [0.25, 0.3) is 0 Å². The normalized spacial score (nSPS) is 14.8. The van der Waals surface area contributed by atoms with Gasteiger partial charge in [0.1, 0.15) is 5.82 Å². The molecular weight excluding hydrogens is 185 g/mol. The monoisotopic (exact) mass is 195 g/mol. The molecule has 1 aromatic heterocycles. The number of halogens is 1. The Morgan fingerprint density at radius 1 is 1.71 bits per heavy atom. The van der Waals surface area contributed by atoms with E-state index in [0.717, 1.165) is 6.20 Å². The molecule has 2 rings (SSSR count). The van der Waals surface area contributed by atoms with Crippen molar-refractivity contribution in [3.63, 3.8) is 0 Å². The van der Waals surface area contributed by atoms with Crippen molar-refractivity contribution in [3.05, 3.63) is 23.3 Å². The molecule has 4 nitrogen and oxygen atoms in total. The molecule has 0 fully saturated rings. The average Bonchev–Trinajstić information content (AvgIpc) is 2.45. The van der Waals surface area contributed by atoms with Crippen LogP contribution in [0.3, 0.4) is 0 Å². The van der Waals surface area contributed by atoms with Crippen molar-refractivity contribution in [3.8, 4) is 0 Å². The molecule has 0 spiro atoms. The van der Waals surface area contributed by atoms with E-state index in [4.69, 9.17) is 5.73 Å². The molecule has 1 amide bonds. The fourth-order valence-electron chi connectivity index (χ4n) is 1.67. The van der Waals surface area contributed by atoms with Gasteiger partial charge in [-0.3, -0.25) is 9.78 Å². The minimum Gasteiger partial charge on any atom is -0.326 e. The van der Waals surface area contributed by atoms with Gasteiger partial charge in [0.2, 0.25) is 5.91 Å². The van der Waals surface area contributed by atoms with E-state index >= 15 is 0 Å². The third-order valence-corrected chi connectivity index (χ3v) is 2.41. The number of carbonyl (C=O) groups is 1. The Kier molecular flexibility index (Phi) is 1.96. The van der Waals surface area contributed by atoms with Gasteiger partial charge in [-0.1, -0.05) is 0 Å². The summed E-state index contributed by atoms with van der Waals surface area (Å²) in [6, 6.07) is 0. The maximum absolute atomic E-state index is 13.3. The van der Waals surface area contributed by atoms with E-state index in [1.165, 1.54) is 4.90 Å². The maximum Gasteiger partial charge on any atom is 0.232 e. The molecule has 1 aliphatic rings. The number of aromatic nitrogens is 1. The van der Waals surface area contributed by atoms with Gasteiger partial charge in [0, 0.05) is 19.2 Å². The number of anilines is 1. The number of hydrogen-bond donors (Lipinski definition) is 1. The van der Waals surface area contributed by atoms with E-state index in [1.807, 2.05) is 0 Å². The first-order chi connectivity index (χ1) is 6.65. The van der Waals surface area contributed by atoms with Crippen LogP contribution in [0.25, 0.3) is 0 Å². The SMILES string of the molecule is CN1C(=O)Cc2ncc(F)c(CN)c21. The Hall–Kier alpha value is -1.49. The third-order valence-electron chi connectivity index (χ3n) is 2.41. The first kappa shape index (κ1) is 9.08. The van der Waals surface area contributed by atoms with E-state index in [0.29, 0.717) is 16.9 Å². The van der Waals surface area contributed by atoms with Crippen LogP contribution < -0.4 is 10.6 Å². The lowest BCUT2D eigenvalue weighted by Crippen LogP contribution is -2.22. The molecule has 2 N–H and O–H groups in total. The number of nitrogens with two attached hydrogens (primary N) is 1. The summed E-state index contributed by atoms with van der Waals surface area (Å²) in [6.07, 6.45) is 1.35. The van der Waals surface area contributed by atoms with Gasteiger partial charge in [0.15, 0.2) is 0 Å². The lowest BCUT2D eigenvalue weighted by molar-refractivity contribution is -0.117. The molecule has 0 saturated carbocycles. The molecule has 0 unspecified atom stereocenters. The van der Waals surface area contributed by atoms with Crippen molar-refractivity contribution in [1.29, 1.82) is 0 Å². The van der Waals surface area contributed by atoms with Crippen molar-refractivity contribution in [2.45, 2.75) is 13.0 Å². The Morgan fingerprint density at radius 3 is 3.07 bits per heavy atom. The number of pyridine rings is 1. The molecule has 1 aromatic rings. The van der Waals surface area contributed by atoms with Crippen LogP contribution in [-0.2, 0) is 17.8 Å². The fraction of sp³-hybridized carbons (Fsp3) is 0.333. The van der Waals surface area contributed by atoms with Crippen molar-refractivity contribution in [2.75, 3.05) is 11.9 Å². The van der Waals surface area contributed by atoms with Gasteiger partial charge in [-0.25, -0.2) is 4.39 Å². The number of hydrogen-bond acceptors (Lipinski definition) is 3. The van der Waals surface area contributed by atoms with Crippen LogP contribution in [0.2, 0.25) is 0 Å². The second-order valence-electron chi connectivity index (χ2n) is 3.21. The summed E-state index contributed by atoms with van der Waals surface area (Å²) in [5.41, 5.74) is 6.94. The Balaban J connectivity index is 2.64. The maximum atomic E-state index is 13.3. The first-order valence-electron chi connectivity index (χ1n) is 4.28. The molecule has 0 aliphatic carbocycles. The molecule has 1 aliphatic heterocycles. The van der Waals surface area contributed by atoms with Crippen LogP contribution in [0, 0.1) is 5.82 Å². The number of nitrogens with zero attached hydrogens (tertiary/aromatic N) is 2. The summed E-state index contributed by atoms with van der Waals surface area (Å²) >= 11 is 0. The Labute approximate surface area is 80.5 Å². The number of amides is 1. The topological polar surface area (TPSA) is 59.2 Å². The standard InChI is InChI=1S/C9H10FN3O/c1-13-8(14)2-7-9(13)5(3-11)6(10)4-12-7/h4H,2-3,11H2,1H3. The quantitative estimate of drug-likeness (QED) is 0.696. The van der Waals surface area contributed by atoms with Gasteiger partial charge in [-0.2, -0.15) is 0 Å². The van der Waals surface area contributed by atoms with Gasteiger partial charge in [-0.15, -0.1) is 0 Å². The van der Waals surface area contributed by atoms with E-state index in [2.05, 4.69) is 4.98 Å². The van der Waals surface area contributed by atoms with E-state index < -0.39 is 5.82 Å². The van der Waals surface area contributed by atoms with Gasteiger partial charge in [0.05, 0.1) is 24.0 Å². The van der Waals surface area contributed by atoms with E-state index in [1.54, 1.807) is 7.05 Å². The van der Waals surface area contributed by atoms with Crippen LogP contribution in [0.5, 0.6) is 0 Å². The molecule has 14 heavy (non-hydrogen) atoms. The zero-order chi connectivity index (χ0) is 10.3. The van der Waals surface area contributed by atoms with Crippen molar-refractivity contribution < 1.29 is 9.18 Å². The summed E-state index contributed by atoms with van der Waals surface area (Å²) in [5.74, 6) is -0.527. The lowest BCUT2D eigenvalue weighted by atomic mass is 10.1. The second kappa shape index (κ2) is 3.02. The van der Waals surface area contributed by atoms with Crippen LogP contribution >= 0.6 is 0 Å². The number of carbonyl (C=O) groups excluding carboxylic acids is 1. The van der Waals surface area contributed by atoms with Gasteiger partial charge in [-0.05, 0) is 0 Å². The number of fused-ring (bicyclic) bond motifs is 1. The van der Waals surface area contributed by atoms with Crippen LogP contribution in [0.15, 0.2) is 6.20 Å². The molecule has 0 saturated heterocycles. The summed E-state index contributed by atoms with van der Waals surface area (Å²) < 4.78 is 13.3. The zero-order valence-corrected chi connectivity index (χ0v) is 7.75. The molecule has 0 radical (unpaired) electrons. The van der Waals surface area contributed by atoms with E-state index in [9.17, 15) is 9.18 Å². The third kappa shape index (κ3) is 1.09. The van der Waals surface area contributed by atoms with Crippen LogP contribution in [0.4, 0.5) is 10.1 Å². The average molecular weight is 195 g/mol. The van der Waals surface area contributed by atoms with E-state index in [-0.39, 0.29) is 18.9 Å². The highest BCUT2D eigenvalue weighted by molar-refractivity contribution is 6.01. The first-order valence-corrected chi connectivity index (χ1v) is 4.28.